The van der Waals surface area contributed by atoms with Gasteiger partial charge in [-0.05, 0) is 68.9 Å². The van der Waals surface area contributed by atoms with Crippen LogP contribution in [0.4, 0.5) is 5.69 Å². The standard InChI is InChI=1S/C29H39N5O3/c1-4-29(31(2)3,27(36)24-9-11-26(12-10-24)33-15-13-30-14-16-33)21-23-5-7-25(8-6-23)28(37)34-19-17-32(22-35)18-20-34/h5-12,22,30H,4,13-21H2,1-3H3. The molecule has 1 N–H and O–H groups in total. The van der Waals surface area contributed by atoms with Crippen molar-refractivity contribution in [2.24, 2.45) is 0 Å². The first-order valence-electron chi connectivity index (χ1n) is 13.2. The SMILES string of the molecule is CCC(Cc1ccc(C(=O)N2CCN(C=O)CC2)cc1)(C(=O)c1ccc(N2CCNCC2)cc1)N(C)C. The number of hydrogen-bond donors (Lipinski definition) is 1. The molecule has 2 saturated heterocycles. The summed E-state index contributed by atoms with van der Waals surface area (Å²) in [5.74, 6) is 0.0900. The van der Waals surface area contributed by atoms with Crippen LogP contribution < -0.4 is 10.2 Å². The minimum Gasteiger partial charge on any atom is -0.369 e. The first-order chi connectivity index (χ1) is 17.9. The number of amides is 2. The lowest BCUT2D eigenvalue weighted by molar-refractivity contribution is -0.119. The number of nitrogens with zero attached hydrogens (tertiary/aromatic N) is 4. The van der Waals surface area contributed by atoms with Crippen LogP contribution in [0.15, 0.2) is 48.5 Å². The molecule has 8 heteroatoms. The Labute approximate surface area is 220 Å². The minimum atomic E-state index is -0.687. The molecule has 2 amide bonds. The predicted molar refractivity (Wildman–Crippen MR) is 146 cm³/mol. The van der Waals surface area contributed by atoms with Gasteiger partial charge in [-0.15, -0.1) is 0 Å². The quantitative estimate of drug-likeness (QED) is 0.416. The normalized spacial score (nSPS) is 18.0. The monoisotopic (exact) mass is 505 g/mol. The number of anilines is 1. The van der Waals surface area contributed by atoms with Crippen molar-refractivity contribution >= 4 is 23.8 Å². The van der Waals surface area contributed by atoms with E-state index in [2.05, 4.69) is 29.3 Å². The van der Waals surface area contributed by atoms with E-state index in [1.807, 2.05) is 55.4 Å². The van der Waals surface area contributed by atoms with Gasteiger partial charge in [-0.2, -0.15) is 0 Å². The summed E-state index contributed by atoms with van der Waals surface area (Å²) < 4.78 is 0. The molecule has 2 aliphatic rings. The van der Waals surface area contributed by atoms with E-state index in [1.165, 1.54) is 0 Å². The number of ketones is 1. The third-order valence-electron chi connectivity index (χ3n) is 7.92. The Balaban J connectivity index is 1.48. The largest absolute Gasteiger partial charge is 0.369 e. The fourth-order valence-corrected chi connectivity index (χ4v) is 5.37. The molecule has 198 valence electrons. The fourth-order valence-electron chi connectivity index (χ4n) is 5.37. The Hall–Kier alpha value is -3.23. The van der Waals surface area contributed by atoms with Crippen LogP contribution in [0.2, 0.25) is 0 Å². The van der Waals surface area contributed by atoms with Gasteiger partial charge in [0.2, 0.25) is 6.41 Å². The van der Waals surface area contributed by atoms with Crippen molar-refractivity contribution in [3.05, 3.63) is 65.2 Å². The molecule has 4 rings (SSSR count). The van der Waals surface area contributed by atoms with Crippen LogP contribution in [0.25, 0.3) is 0 Å². The number of nitrogens with one attached hydrogen (secondary N) is 1. The van der Waals surface area contributed by atoms with Crippen LogP contribution in [-0.4, -0.2) is 105 Å². The molecule has 37 heavy (non-hydrogen) atoms. The van der Waals surface area contributed by atoms with Crippen LogP contribution >= 0.6 is 0 Å². The van der Waals surface area contributed by atoms with Gasteiger partial charge in [-0.25, -0.2) is 0 Å². The van der Waals surface area contributed by atoms with E-state index >= 15 is 0 Å². The average molecular weight is 506 g/mol. The van der Waals surface area contributed by atoms with E-state index < -0.39 is 5.54 Å². The van der Waals surface area contributed by atoms with Gasteiger partial charge >= 0.3 is 0 Å². The second-order valence-electron chi connectivity index (χ2n) is 10.2. The van der Waals surface area contributed by atoms with E-state index in [0.717, 1.165) is 49.4 Å². The van der Waals surface area contributed by atoms with E-state index in [0.29, 0.717) is 44.6 Å². The first kappa shape index (κ1) is 26.8. The highest BCUT2D eigenvalue weighted by molar-refractivity contribution is 6.03. The van der Waals surface area contributed by atoms with Gasteiger partial charge in [0.25, 0.3) is 5.91 Å². The van der Waals surface area contributed by atoms with Crippen LogP contribution in [0.3, 0.4) is 0 Å². The lowest BCUT2D eigenvalue weighted by Crippen LogP contribution is -2.52. The molecule has 0 aliphatic carbocycles. The van der Waals surface area contributed by atoms with Gasteiger partial charge < -0.3 is 20.0 Å². The van der Waals surface area contributed by atoms with Crippen molar-refractivity contribution in [1.82, 2.24) is 20.0 Å². The molecular weight excluding hydrogens is 466 g/mol. The molecular formula is C29H39N5O3. The fraction of sp³-hybridized carbons (Fsp3) is 0.483. The maximum Gasteiger partial charge on any atom is 0.253 e. The predicted octanol–water partition coefficient (Wildman–Crippen LogP) is 2.15. The Kier molecular flexibility index (Phi) is 8.61. The summed E-state index contributed by atoms with van der Waals surface area (Å²) in [5.41, 5.74) is 2.83. The van der Waals surface area contributed by atoms with E-state index in [4.69, 9.17) is 0 Å². The Morgan fingerprint density at radius 3 is 2.03 bits per heavy atom. The maximum atomic E-state index is 13.9. The summed E-state index contributed by atoms with van der Waals surface area (Å²) >= 11 is 0. The lowest BCUT2D eigenvalue weighted by atomic mass is 9.80. The molecule has 2 aromatic carbocycles. The molecule has 2 aromatic rings. The molecule has 8 nitrogen and oxygen atoms in total. The molecule has 2 aliphatic heterocycles. The molecule has 0 aromatic heterocycles. The zero-order chi connectivity index (χ0) is 26.4. The number of rotatable bonds is 9. The van der Waals surface area contributed by atoms with Crippen LogP contribution in [0.1, 0.15) is 39.6 Å². The van der Waals surface area contributed by atoms with Crippen LogP contribution in [0.5, 0.6) is 0 Å². The molecule has 0 spiro atoms. The zero-order valence-corrected chi connectivity index (χ0v) is 22.3. The summed E-state index contributed by atoms with van der Waals surface area (Å²) in [4.78, 5) is 45.6. The highest BCUT2D eigenvalue weighted by atomic mass is 16.2. The highest BCUT2D eigenvalue weighted by Gasteiger charge is 2.39. The molecule has 0 bridgehead atoms. The number of Topliss-reactive ketones (excluding diaryl/α,β-unsaturated/α-hetero) is 1. The second kappa shape index (κ2) is 11.9. The number of benzene rings is 2. The number of carbonyl (C=O) groups is 3. The van der Waals surface area contributed by atoms with E-state index in [1.54, 1.807) is 9.80 Å². The minimum absolute atomic E-state index is 0.0212. The maximum absolute atomic E-state index is 13.9. The molecule has 0 radical (unpaired) electrons. The third-order valence-corrected chi connectivity index (χ3v) is 7.92. The summed E-state index contributed by atoms with van der Waals surface area (Å²) in [6.45, 7) is 8.16. The lowest BCUT2D eigenvalue weighted by Gasteiger charge is -2.38. The van der Waals surface area contributed by atoms with E-state index in [9.17, 15) is 14.4 Å². The van der Waals surface area contributed by atoms with Gasteiger partial charge in [0, 0.05) is 69.2 Å². The molecule has 0 saturated carbocycles. The number of piperazine rings is 2. The van der Waals surface area contributed by atoms with Crippen molar-refractivity contribution in [1.29, 1.82) is 0 Å². The Bertz CT molecular complexity index is 1070. The Morgan fingerprint density at radius 2 is 1.49 bits per heavy atom. The first-order valence-corrected chi connectivity index (χ1v) is 13.2. The van der Waals surface area contributed by atoms with Crippen molar-refractivity contribution in [3.63, 3.8) is 0 Å². The molecule has 2 heterocycles. The average Bonchev–Trinajstić information content (AvgIpc) is 2.96. The summed E-state index contributed by atoms with van der Waals surface area (Å²) in [7, 11) is 3.93. The van der Waals surface area contributed by atoms with Gasteiger partial charge in [0.05, 0.1) is 5.54 Å². The van der Waals surface area contributed by atoms with Gasteiger partial charge in [0.15, 0.2) is 5.78 Å². The van der Waals surface area contributed by atoms with Crippen molar-refractivity contribution in [2.75, 3.05) is 71.4 Å². The topological polar surface area (TPSA) is 76.2 Å². The van der Waals surface area contributed by atoms with Crippen molar-refractivity contribution < 1.29 is 14.4 Å². The smallest absolute Gasteiger partial charge is 0.253 e. The van der Waals surface area contributed by atoms with Crippen LogP contribution in [-0.2, 0) is 11.2 Å². The third kappa shape index (κ3) is 5.86. The molecule has 1 unspecified atom stereocenters. The van der Waals surface area contributed by atoms with Crippen molar-refractivity contribution in [2.45, 2.75) is 25.3 Å². The molecule has 2 fully saturated rings. The summed E-state index contributed by atoms with van der Waals surface area (Å²) in [6, 6.07) is 15.7. The summed E-state index contributed by atoms with van der Waals surface area (Å²) in [5, 5.41) is 3.37. The number of likely N-dealkylation sites (N-methyl/N-ethyl adjacent to an activating group) is 1. The number of carbonyl (C=O) groups excluding carboxylic acids is 3. The van der Waals surface area contributed by atoms with Crippen LogP contribution in [0, 0.1) is 0 Å². The number of hydrogen-bond acceptors (Lipinski definition) is 6. The second-order valence-corrected chi connectivity index (χ2v) is 10.2. The van der Waals surface area contributed by atoms with Gasteiger partial charge in [-0.1, -0.05) is 19.1 Å². The van der Waals surface area contributed by atoms with E-state index in [-0.39, 0.29) is 11.7 Å². The van der Waals surface area contributed by atoms with Crippen molar-refractivity contribution in [3.8, 4) is 0 Å². The highest BCUT2D eigenvalue weighted by Crippen LogP contribution is 2.29. The summed E-state index contributed by atoms with van der Waals surface area (Å²) in [6.07, 6.45) is 2.06. The Morgan fingerprint density at radius 1 is 0.892 bits per heavy atom. The molecule has 1 atom stereocenters. The van der Waals surface area contributed by atoms with Gasteiger partial charge in [0.1, 0.15) is 0 Å². The zero-order valence-electron chi connectivity index (χ0n) is 22.3. The van der Waals surface area contributed by atoms with Gasteiger partial charge in [-0.3, -0.25) is 19.3 Å².